The van der Waals surface area contributed by atoms with Crippen LogP contribution < -0.4 is 14.8 Å². The van der Waals surface area contributed by atoms with Gasteiger partial charge in [-0.15, -0.1) is 0 Å². The van der Waals surface area contributed by atoms with Gasteiger partial charge in [0.25, 0.3) is 0 Å². The number of likely N-dealkylation sites (tertiary alicyclic amines) is 1. The predicted octanol–water partition coefficient (Wildman–Crippen LogP) is 1.83. The maximum atomic E-state index is 12.5. The zero-order chi connectivity index (χ0) is 20.1. The molecule has 2 atom stereocenters. The van der Waals surface area contributed by atoms with Crippen LogP contribution >= 0.6 is 0 Å². The number of rotatable bonds is 8. The van der Waals surface area contributed by atoms with Crippen molar-refractivity contribution < 1.29 is 28.6 Å². The van der Waals surface area contributed by atoms with E-state index in [1.165, 1.54) is 7.11 Å². The first-order valence-electron chi connectivity index (χ1n) is 9.50. The Labute approximate surface area is 164 Å². The van der Waals surface area contributed by atoms with Crippen LogP contribution in [0, 0.1) is 11.8 Å². The molecule has 1 aromatic carbocycles. The van der Waals surface area contributed by atoms with E-state index >= 15 is 0 Å². The van der Waals surface area contributed by atoms with Crippen LogP contribution in [-0.2, 0) is 19.1 Å². The number of carbonyl (C=O) groups excluding carboxylic acids is 3. The molecule has 1 saturated carbocycles. The van der Waals surface area contributed by atoms with Crippen LogP contribution in [0.4, 0.5) is 5.69 Å². The highest BCUT2D eigenvalue weighted by Crippen LogP contribution is 2.38. The summed E-state index contributed by atoms with van der Waals surface area (Å²) < 4.78 is 15.8. The van der Waals surface area contributed by atoms with Crippen LogP contribution in [-0.4, -0.2) is 56.6 Å². The molecule has 0 unspecified atom stereocenters. The van der Waals surface area contributed by atoms with E-state index in [1.54, 1.807) is 25.3 Å². The lowest BCUT2D eigenvalue weighted by Crippen LogP contribution is -2.38. The molecule has 28 heavy (non-hydrogen) atoms. The predicted molar refractivity (Wildman–Crippen MR) is 101 cm³/mol. The summed E-state index contributed by atoms with van der Waals surface area (Å²) in [5, 5.41) is 2.72. The molecule has 3 amide bonds. The van der Waals surface area contributed by atoms with Crippen molar-refractivity contribution in [1.82, 2.24) is 4.90 Å². The molecule has 2 fully saturated rings. The minimum absolute atomic E-state index is 0.219. The lowest BCUT2D eigenvalue weighted by Gasteiger charge is -2.19. The number of imide groups is 1. The SMILES string of the molecule is COCCOc1cc(NC(=O)CN2C(=O)[C@H]3CCCC[C@@H]3C2=O)ccc1OC. The lowest BCUT2D eigenvalue weighted by atomic mass is 9.81. The fourth-order valence-electron chi connectivity index (χ4n) is 3.83. The van der Waals surface area contributed by atoms with E-state index in [0.717, 1.165) is 30.6 Å². The van der Waals surface area contributed by atoms with Gasteiger partial charge in [-0.3, -0.25) is 19.3 Å². The second kappa shape index (κ2) is 9.05. The van der Waals surface area contributed by atoms with Crippen molar-refractivity contribution in [1.29, 1.82) is 0 Å². The minimum atomic E-state index is -0.423. The zero-order valence-corrected chi connectivity index (χ0v) is 16.2. The van der Waals surface area contributed by atoms with Gasteiger partial charge in [-0.25, -0.2) is 0 Å². The topological polar surface area (TPSA) is 94.2 Å². The molecule has 0 aromatic heterocycles. The van der Waals surface area contributed by atoms with Crippen molar-refractivity contribution in [3.05, 3.63) is 18.2 Å². The Morgan fingerprint density at radius 1 is 1.07 bits per heavy atom. The van der Waals surface area contributed by atoms with Crippen LogP contribution in [0.15, 0.2) is 18.2 Å². The fourth-order valence-corrected chi connectivity index (χ4v) is 3.83. The summed E-state index contributed by atoms with van der Waals surface area (Å²) in [4.78, 5) is 38.5. The first kappa shape index (κ1) is 20.1. The van der Waals surface area contributed by atoms with Crippen LogP contribution in [0.2, 0.25) is 0 Å². The third kappa shape index (κ3) is 4.27. The third-order valence-corrected chi connectivity index (χ3v) is 5.23. The first-order chi connectivity index (χ1) is 13.5. The lowest BCUT2D eigenvalue weighted by molar-refractivity contribution is -0.142. The van der Waals surface area contributed by atoms with Gasteiger partial charge < -0.3 is 19.5 Å². The normalized spacial score (nSPS) is 21.4. The average Bonchev–Trinajstić information content (AvgIpc) is 2.93. The Morgan fingerprint density at radius 2 is 1.75 bits per heavy atom. The van der Waals surface area contributed by atoms with Crippen LogP contribution in [0.5, 0.6) is 11.5 Å². The molecule has 152 valence electrons. The van der Waals surface area contributed by atoms with Crippen molar-refractivity contribution in [2.24, 2.45) is 11.8 Å². The molecule has 0 spiro atoms. The van der Waals surface area contributed by atoms with Crippen molar-refractivity contribution >= 4 is 23.4 Å². The Balaban J connectivity index is 1.63. The number of nitrogens with zero attached hydrogens (tertiary/aromatic N) is 1. The van der Waals surface area contributed by atoms with Gasteiger partial charge >= 0.3 is 0 Å². The van der Waals surface area contributed by atoms with Gasteiger partial charge in [0.15, 0.2) is 11.5 Å². The second-order valence-corrected chi connectivity index (χ2v) is 7.02. The number of carbonyl (C=O) groups is 3. The van der Waals surface area contributed by atoms with Crippen molar-refractivity contribution in [3.8, 4) is 11.5 Å². The van der Waals surface area contributed by atoms with E-state index in [-0.39, 0.29) is 30.2 Å². The van der Waals surface area contributed by atoms with E-state index < -0.39 is 5.91 Å². The molecule has 1 heterocycles. The Hall–Kier alpha value is -2.61. The van der Waals surface area contributed by atoms with Crippen LogP contribution in [0.1, 0.15) is 25.7 Å². The number of amides is 3. The highest BCUT2D eigenvalue weighted by molar-refractivity contribution is 6.08. The summed E-state index contributed by atoms with van der Waals surface area (Å²) in [5.74, 6) is -0.369. The zero-order valence-electron chi connectivity index (χ0n) is 16.2. The van der Waals surface area contributed by atoms with Crippen LogP contribution in [0.25, 0.3) is 0 Å². The molecule has 1 N–H and O–H groups in total. The van der Waals surface area contributed by atoms with E-state index in [2.05, 4.69) is 5.32 Å². The van der Waals surface area contributed by atoms with Gasteiger partial charge in [0.2, 0.25) is 17.7 Å². The Bertz CT molecular complexity index is 726. The molecule has 1 saturated heterocycles. The quantitative estimate of drug-likeness (QED) is 0.538. The molecule has 8 heteroatoms. The van der Waals surface area contributed by atoms with Gasteiger partial charge in [0, 0.05) is 18.9 Å². The third-order valence-electron chi connectivity index (χ3n) is 5.23. The number of hydrogen-bond donors (Lipinski definition) is 1. The number of nitrogens with one attached hydrogen (secondary N) is 1. The van der Waals surface area contributed by atoms with E-state index in [4.69, 9.17) is 14.2 Å². The summed E-state index contributed by atoms with van der Waals surface area (Å²) in [6.07, 6.45) is 3.37. The second-order valence-electron chi connectivity index (χ2n) is 7.02. The summed E-state index contributed by atoms with van der Waals surface area (Å²) in [6, 6.07) is 4.99. The van der Waals surface area contributed by atoms with Gasteiger partial charge in [0.1, 0.15) is 13.2 Å². The molecular formula is C20H26N2O6. The molecule has 2 aliphatic rings. The van der Waals surface area contributed by atoms with E-state index in [1.807, 2.05) is 0 Å². The molecular weight excluding hydrogens is 364 g/mol. The van der Waals surface area contributed by atoms with Crippen molar-refractivity contribution in [2.75, 3.05) is 39.3 Å². The van der Waals surface area contributed by atoms with Gasteiger partial charge in [-0.2, -0.15) is 0 Å². The number of hydrogen-bond acceptors (Lipinski definition) is 6. The monoisotopic (exact) mass is 390 g/mol. The maximum absolute atomic E-state index is 12.5. The van der Waals surface area contributed by atoms with E-state index in [9.17, 15) is 14.4 Å². The fraction of sp³-hybridized carbons (Fsp3) is 0.550. The molecule has 1 aromatic rings. The minimum Gasteiger partial charge on any atom is -0.493 e. The van der Waals surface area contributed by atoms with Gasteiger partial charge in [-0.1, -0.05) is 12.8 Å². The highest BCUT2D eigenvalue weighted by Gasteiger charge is 2.48. The molecule has 0 radical (unpaired) electrons. The first-order valence-corrected chi connectivity index (χ1v) is 9.50. The number of anilines is 1. The average molecular weight is 390 g/mol. The largest absolute Gasteiger partial charge is 0.493 e. The van der Waals surface area contributed by atoms with Gasteiger partial charge in [-0.05, 0) is 25.0 Å². The summed E-state index contributed by atoms with van der Waals surface area (Å²) in [5.41, 5.74) is 0.495. The van der Waals surface area contributed by atoms with Crippen molar-refractivity contribution in [2.45, 2.75) is 25.7 Å². The summed E-state index contributed by atoms with van der Waals surface area (Å²) >= 11 is 0. The molecule has 3 rings (SSSR count). The number of methoxy groups -OCH3 is 2. The summed E-state index contributed by atoms with van der Waals surface area (Å²) in [6.45, 7) is 0.488. The standard InChI is InChI=1S/C20H26N2O6/c1-26-9-10-28-17-11-13(7-8-16(17)27-2)21-18(23)12-22-19(24)14-5-3-4-6-15(14)20(22)25/h7-8,11,14-15H,3-6,9-10,12H2,1-2H3,(H,21,23)/t14-,15-/m0/s1. The number of ether oxygens (including phenoxy) is 3. The summed E-state index contributed by atoms with van der Waals surface area (Å²) in [7, 11) is 3.11. The number of benzene rings is 1. The number of fused-ring (bicyclic) bond motifs is 1. The van der Waals surface area contributed by atoms with E-state index in [0.29, 0.717) is 30.4 Å². The van der Waals surface area contributed by atoms with Crippen molar-refractivity contribution in [3.63, 3.8) is 0 Å². The molecule has 1 aliphatic heterocycles. The Morgan fingerprint density at radius 3 is 2.36 bits per heavy atom. The molecule has 1 aliphatic carbocycles. The van der Waals surface area contributed by atoms with Crippen LogP contribution in [0.3, 0.4) is 0 Å². The van der Waals surface area contributed by atoms with Gasteiger partial charge in [0.05, 0.1) is 25.6 Å². The smallest absolute Gasteiger partial charge is 0.244 e. The molecule has 0 bridgehead atoms. The maximum Gasteiger partial charge on any atom is 0.244 e. The highest BCUT2D eigenvalue weighted by atomic mass is 16.5. The Kier molecular flexibility index (Phi) is 6.51. The molecule has 8 nitrogen and oxygen atoms in total.